The van der Waals surface area contributed by atoms with Gasteiger partial charge in [0, 0.05) is 24.3 Å². The van der Waals surface area contributed by atoms with Crippen molar-refractivity contribution in [1.29, 1.82) is 0 Å². The number of rotatable bonds is 4. The van der Waals surface area contributed by atoms with Gasteiger partial charge in [-0.1, -0.05) is 0 Å². The van der Waals surface area contributed by atoms with Crippen molar-refractivity contribution in [1.82, 2.24) is 15.5 Å². The molecule has 0 spiro atoms. The second-order valence-corrected chi connectivity index (χ2v) is 4.11. The van der Waals surface area contributed by atoms with E-state index in [1.807, 2.05) is 13.8 Å². The Morgan fingerprint density at radius 1 is 1.44 bits per heavy atom. The van der Waals surface area contributed by atoms with E-state index in [1.165, 1.54) is 5.56 Å². The van der Waals surface area contributed by atoms with Crippen LogP contribution in [0.4, 0.5) is 0 Å². The van der Waals surface area contributed by atoms with Crippen LogP contribution < -0.4 is 5.32 Å². The fourth-order valence-electron chi connectivity index (χ4n) is 1.85. The monoisotopic (exact) mass is 225 g/mol. The van der Waals surface area contributed by atoms with E-state index in [-0.39, 0.29) is 6.10 Å². The maximum Gasteiger partial charge on any atom is 0.0933 e. The number of hydrogen-bond acceptors (Lipinski definition) is 4. The van der Waals surface area contributed by atoms with Crippen molar-refractivity contribution >= 4 is 0 Å². The molecule has 0 saturated carbocycles. The molecule has 2 N–H and O–H groups in total. The Balaban J connectivity index is 1.75. The van der Waals surface area contributed by atoms with Gasteiger partial charge in [0.25, 0.3) is 0 Å². The van der Waals surface area contributed by atoms with Gasteiger partial charge in [-0.15, -0.1) is 0 Å². The molecule has 1 atom stereocenters. The summed E-state index contributed by atoms with van der Waals surface area (Å²) >= 11 is 0. The van der Waals surface area contributed by atoms with Gasteiger partial charge in [0.15, 0.2) is 0 Å². The van der Waals surface area contributed by atoms with Gasteiger partial charge in [0.1, 0.15) is 0 Å². The summed E-state index contributed by atoms with van der Waals surface area (Å²) < 4.78 is 10.9. The molecule has 1 aliphatic rings. The smallest absolute Gasteiger partial charge is 0.0933 e. The SMILES string of the molecule is Cc1n[nH]c(C)c1CNCC1COCCO1. The third-order valence-electron chi connectivity index (χ3n) is 2.84. The van der Waals surface area contributed by atoms with Gasteiger partial charge in [0.2, 0.25) is 0 Å². The summed E-state index contributed by atoms with van der Waals surface area (Å²) in [5.74, 6) is 0. The molecular weight excluding hydrogens is 206 g/mol. The lowest BCUT2D eigenvalue weighted by Crippen LogP contribution is -2.37. The van der Waals surface area contributed by atoms with Crippen molar-refractivity contribution in [3.63, 3.8) is 0 Å². The van der Waals surface area contributed by atoms with Crippen LogP contribution in [0.25, 0.3) is 0 Å². The predicted molar refractivity (Wildman–Crippen MR) is 60.3 cm³/mol. The zero-order valence-corrected chi connectivity index (χ0v) is 9.88. The molecule has 0 amide bonds. The average Bonchev–Trinajstić information content (AvgIpc) is 2.62. The molecule has 5 nitrogen and oxygen atoms in total. The van der Waals surface area contributed by atoms with Crippen LogP contribution in [0.5, 0.6) is 0 Å². The molecule has 5 heteroatoms. The van der Waals surface area contributed by atoms with E-state index in [0.29, 0.717) is 13.2 Å². The van der Waals surface area contributed by atoms with E-state index in [0.717, 1.165) is 31.1 Å². The van der Waals surface area contributed by atoms with Gasteiger partial charge in [-0.05, 0) is 13.8 Å². The summed E-state index contributed by atoms with van der Waals surface area (Å²) in [6.07, 6.45) is 0.182. The first-order chi connectivity index (χ1) is 7.77. The molecule has 0 aromatic carbocycles. The lowest BCUT2D eigenvalue weighted by Gasteiger charge is -2.23. The van der Waals surface area contributed by atoms with Crippen LogP contribution in [0.3, 0.4) is 0 Å². The van der Waals surface area contributed by atoms with Crippen LogP contribution in [0.2, 0.25) is 0 Å². The van der Waals surface area contributed by atoms with Crippen molar-refractivity contribution < 1.29 is 9.47 Å². The van der Waals surface area contributed by atoms with Crippen LogP contribution in [-0.2, 0) is 16.0 Å². The van der Waals surface area contributed by atoms with E-state index in [1.54, 1.807) is 0 Å². The fraction of sp³-hybridized carbons (Fsp3) is 0.727. The molecule has 1 aliphatic heterocycles. The topological polar surface area (TPSA) is 59.2 Å². The minimum absolute atomic E-state index is 0.182. The zero-order valence-electron chi connectivity index (χ0n) is 9.88. The molecule has 16 heavy (non-hydrogen) atoms. The Morgan fingerprint density at radius 2 is 2.31 bits per heavy atom. The van der Waals surface area contributed by atoms with Crippen molar-refractivity contribution in [3.8, 4) is 0 Å². The van der Waals surface area contributed by atoms with Crippen molar-refractivity contribution in [3.05, 3.63) is 17.0 Å². The third kappa shape index (κ3) is 2.81. The van der Waals surface area contributed by atoms with Gasteiger partial charge >= 0.3 is 0 Å². The molecular formula is C11H19N3O2. The molecule has 1 aromatic rings. The summed E-state index contributed by atoms with van der Waals surface area (Å²) in [6, 6.07) is 0. The quantitative estimate of drug-likeness (QED) is 0.785. The normalized spacial score (nSPS) is 21.2. The van der Waals surface area contributed by atoms with Crippen molar-refractivity contribution in [2.45, 2.75) is 26.5 Å². The lowest BCUT2D eigenvalue weighted by molar-refractivity contribution is -0.0864. The Hall–Kier alpha value is -0.910. The number of H-pyrrole nitrogens is 1. The third-order valence-corrected chi connectivity index (χ3v) is 2.84. The molecule has 1 aromatic heterocycles. The van der Waals surface area contributed by atoms with E-state index < -0.39 is 0 Å². The van der Waals surface area contributed by atoms with E-state index in [9.17, 15) is 0 Å². The number of aryl methyl sites for hydroxylation is 2. The van der Waals surface area contributed by atoms with Gasteiger partial charge in [0.05, 0.1) is 31.6 Å². The Labute approximate surface area is 95.5 Å². The summed E-state index contributed by atoms with van der Waals surface area (Å²) in [7, 11) is 0. The summed E-state index contributed by atoms with van der Waals surface area (Å²) in [4.78, 5) is 0. The molecule has 2 heterocycles. The number of ether oxygens (including phenoxy) is 2. The number of aromatic amines is 1. The van der Waals surface area contributed by atoms with Crippen LogP contribution in [0.15, 0.2) is 0 Å². The van der Waals surface area contributed by atoms with Crippen LogP contribution in [0, 0.1) is 13.8 Å². The molecule has 2 rings (SSSR count). The zero-order chi connectivity index (χ0) is 11.4. The van der Waals surface area contributed by atoms with E-state index in [4.69, 9.17) is 9.47 Å². The average molecular weight is 225 g/mol. The Kier molecular flexibility index (Phi) is 3.93. The molecule has 0 bridgehead atoms. The molecule has 1 saturated heterocycles. The fourth-order valence-corrected chi connectivity index (χ4v) is 1.85. The first-order valence-corrected chi connectivity index (χ1v) is 5.68. The number of hydrogen-bond donors (Lipinski definition) is 2. The first kappa shape index (κ1) is 11.6. The van der Waals surface area contributed by atoms with E-state index in [2.05, 4.69) is 15.5 Å². The number of nitrogens with one attached hydrogen (secondary N) is 2. The van der Waals surface area contributed by atoms with E-state index >= 15 is 0 Å². The highest BCUT2D eigenvalue weighted by atomic mass is 16.6. The summed E-state index contributed by atoms with van der Waals surface area (Å²) in [6.45, 7) is 7.82. The second-order valence-electron chi connectivity index (χ2n) is 4.11. The maximum absolute atomic E-state index is 5.55. The van der Waals surface area contributed by atoms with Gasteiger partial charge < -0.3 is 14.8 Å². The highest BCUT2D eigenvalue weighted by Gasteiger charge is 2.14. The first-order valence-electron chi connectivity index (χ1n) is 5.68. The predicted octanol–water partition coefficient (Wildman–Crippen LogP) is 0.532. The molecule has 90 valence electrons. The lowest BCUT2D eigenvalue weighted by atomic mass is 10.2. The molecule has 1 fully saturated rings. The van der Waals surface area contributed by atoms with Gasteiger partial charge in [-0.25, -0.2) is 0 Å². The van der Waals surface area contributed by atoms with Gasteiger partial charge in [-0.2, -0.15) is 5.10 Å². The summed E-state index contributed by atoms with van der Waals surface area (Å²) in [5.41, 5.74) is 3.44. The molecule has 0 aliphatic carbocycles. The Bertz CT molecular complexity index is 312. The van der Waals surface area contributed by atoms with Crippen molar-refractivity contribution in [2.24, 2.45) is 0 Å². The Morgan fingerprint density at radius 3 is 2.94 bits per heavy atom. The number of nitrogens with zero attached hydrogens (tertiary/aromatic N) is 1. The summed E-state index contributed by atoms with van der Waals surface area (Å²) in [5, 5.41) is 10.5. The standard InChI is InChI=1S/C11H19N3O2/c1-8-11(9(2)14-13-8)6-12-5-10-7-15-3-4-16-10/h10,12H,3-7H2,1-2H3,(H,13,14). The minimum Gasteiger partial charge on any atom is -0.376 e. The van der Waals surface area contributed by atoms with Crippen LogP contribution in [-0.4, -0.2) is 42.7 Å². The highest BCUT2D eigenvalue weighted by molar-refractivity contribution is 5.22. The largest absolute Gasteiger partial charge is 0.376 e. The van der Waals surface area contributed by atoms with Crippen LogP contribution >= 0.6 is 0 Å². The van der Waals surface area contributed by atoms with Gasteiger partial charge in [-0.3, -0.25) is 5.10 Å². The maximum atomic E-state index is 5.55. The molecule has 1 unspecified atom stereocenters. The van der Waals surface area contributed by atoms with Crippen molar-refractivity contribution in [2.75, 3.05) is 26.4 Å². The second kappa shape index (κ2) is 5.43. The number of aromatic nitrogens is 2. The minimum atomic E-state index is 0.182. The highest BCUT2D eigenvalue weighted by Crippen LogP contribution is 2.08. The van der Waals surface area contributed by atoms with Crippen LogP contribution in [0.1, 0.15) is 17.0 Å². The molecule has 0 radical (unpaired) electrons.